The third-order valence-electron chi connectivity index (χ3n) is 2.54. The second-order valence-electron chi connectivity index (χ2n) is 4.75. The summed E-state index contributed by atoms with van der Waals surface area (Å²) in [6.45, 7) is 4.74. The summed E-state index contributed by atoms with van der Waals surface area (Å²) in [6, 6.07) is 6.84. The van der Waals surface area contributed by atoms with Crippen LogP contribution in [0.1, 0.15) is 13.8 Å². The Bertz CT molecular complexity index is 603. The summed E-state index contributed by atoms with van der Waals surface area (Å²) in [5.74, 6) is 0.999. The predicted octanol–water partition coefficient (Wildman–Crippen LogP) is 2.27. The topological polar surface area (TPSA) is 70.1 Å². The summed E-state index contributed by atoms with van der Waals surface area (Å²) in [5, 5.41) is 0. The van der Waals surface area contributed by atoms with Crippen LogP contribution in [0.2, 0.25) is 0 Å². The number of aromatic nitrogens is 2. The minimum absolute atomic E-state index is 0.0768. The van der Waals surface area contributed by atoms with Crippen LogP contribution in [0.15, 0.2) is 41.5 Å². The zero-order valence-electron chi connectivity index (χ0n) is 11.0. The van der Waals surface area contributed by atoms with Crippen LogP contribution in [0.4, 0.5) is 5.69 Å². The van der Waals surface area contributed by atoms with Crippen molar-refractivity contribution in [2.24, 2.45) is 5.92 Å². The molecule has 2 N–H and O–H groups in total. The van der Waals surface area contributed by atoms with Crippen molar-refractivity contribution in [3.05, 3.63) is 47.0 Å². The van der Waals surface area contributed by atoms with Crippen LogP contribution in [0.25, 0.3) is 0 Å². The van der Waals surface area contributed by atoms with E-state index in [-0.39, 0.29) is 11.4 Å². The maximum Gasteiger partial charge on any atom is 0.313 e. The summed E-state index contributed by atoms with van der Waals surface area (Å²) in [6.07, 6.45) is 3.23. The van der Waals surface area contributed by atoms with Gasteiger partial charge in [-0.25, -0.2) is 4.98 Å². The van der Waals surface area contributed by atoms with Crippen molar-refractivity contribution in [3.8, 4) is 11.6 Å². The number of hydrogen-bond donors (Lipinski definition) is 1. The van der Waals surface area contributed by atoms with E-state index in [2.05, 4.69) is 4.98 Å². The Morgan fingerprint density at radius 1 is 1.32 bits per heavy atom. The fourth-order valence-electron chi connectivity index (χ4n) is 1.68. The maximum atomic E-state index is 12.1. The molecule has 0 spiro atoms. The first kappa shape index (κ1) is 13.1. The lowest BCUT2D eigenvalue weighted by atomic mass is 10.2. The van der Waals surface area contributed by atoms with Gasteiger partial charge in [0.2, 0.25) is 0 Å². The highest BCUT2D eigenvalue weighted by atomic mass is 16.5. The molecule has 0 unspecified atom stereocenters. The second kappa shape index (κ2) is 5.56. The monoisotopic (exact) mass is 259 g/mol. The molecule has 1 aromatic carbocycles. The average Bonchev–Trinajstić information content (AvgIpc) is 2.36. The van der Waals surface area contributed by atoms with Gasteiger partial charge in [-0.1, -0.05) is 13.8 Å². The number of ether oxygens (including phenoxy) is 1. The van der Waals surface area contributed by atoms with Gasteiger partial charge in [-0.05, 0) is 30.2 Å². The Hall–Kier alpha value is -2.30. The summed E-state index contributed by atoms with van der Waals surface area (Å²) in [4.78, 5) is 16.1. The zero-order valence-corrected chi connectivity index (χ0v) is 11.0. The molecular weight excluding hydrogens is 242 g/mol. The number of nitrogens with zero attached hydrogens (tertiary/aromatic N) is 2. The largest absolute Gasteiger partial charge is 0.435 e. The summed E-state index contributed by atoms with van der Waals surface area (Å²) >= 11 is 0. The molecule has 0 radical (unpaired) electrons. The molecule has 0 aliphatic heterocycles. The van der Waals surface area contributed by atoms with E-state index in [1.165, 1.54) is 0 Å². The smallest absolute Gasteiger partial charge is 0.313 e. The molecule has 2 rings (SSSR count). The van der Waals surface area contributed by atoms with Crippen LogP contribution in [-0.4, -0.2) is 9.55 Å². The Balaban J connectivity index is 2.25. The van der Waals surface area contributed by atoms with Crippen LogP contribution < -0.4 is 16.0 Å². The molecule has 2 aromatic rings. The number of anilines is 1. The van der Waals surface area contributed by atoms with Crippen molar-refractivity contribution in [1.29, 1.82) is 0 Å². The number of nitrogen functional groups attached to an aromatic ring is 1. The van der Waals surface area contributed by atoms with Crippen molar-refractivity contribution < 1.29 is 4.74 Å². The van der Waals surface area contributed by atoms with E-state index in [1.54, 1.807) is 41.2 Å². The molecule has 0 bridgehead atoms. The number of rotatable bonds is 4. The van der Waals surface area contributed by atoms with Gasteiger partial charge in [0.1, 0.15) is 5.75 Å². The van der Waals surface area contributed by atoms with Crippen molar-refractivity contribution in [2.75, 3.05) is 5.73 Å². The molecule has 0 fully saturated rings. The van der Waals surface area contributed by atoms with Gasteiger partial charge in [0, 0.05) is 24.6 Å². The van der Waals surface area contributed by atoms with Gasteiger partial charge >= 0.3 is 5.56 Å². The molecule has 1 heterocycles. The molecule has 0 aliphatic rings. The standard InChI is InChI=1S/C14H17N3O2/c1-10(2)9-17-8-7-16-13(14(17)18)19-12-5-3-11(15)4-6-12/h3-8,10H,9,15H2,1-2H3. The lowest BCUT2D eigenvalue weighted by Crippen LogP contribution is -2.23. The molecule has 0 aliphatic carbocycles. The molecular formula is C14H17N3O2. The van der Waals surface area contributed by atoms with Crippen LogP contribution >= 0.6 is 0 Å². The second-order valence-corrected chi connectivity index (χ2v) is 4.75. The van der Waals surface area contributed by atoms with E-state index >= 15 is 0 Å². The van der Waals surface area contributed by atoms with Gasteiger partial charge in [0.15, 0.2) is 0 Å². The van der Waals surface area contributed by atoms with Crippen molar-refractivity contribution in [3.63, 3.8) is 0 Å². The minimum Gasteiger partial charge on any atom is -0.435 e. The summed E-state index contributed by atoms with van der Waals surface area (Å²) in [5.41, 5.74) is 6.01. The van der Waals surface area contributed by atoms with E-state index in [0.717, 1.165) is 0 Å². The van der Waals surface area contributed by atoms with Crippen LogP contribution in [0.5, 0.6) is 11.6 Å². The first-order chi connectivity index (χ1) is 9.06. The minimum atomic E-state index is -0.229. The molecule has 100 valence electrons. The summed E-state index contributed by atoms with van der Waals surface area (Å²) in [7, 11) is 0. The first-order valence-electron chi connectivity index (χ1n) is 6.15. The third kappa shape index (κ3) is 3.34. The van der Waals surface area contributed by atoms with Crippen molar-refractivity contribution >= 4 is 5.69 Å². The SMILES string of the molecule is CC(C)Cn1ccnc(Oc2ccc(N)cc2)c1=O. The lowest BCUT2D eigenvalue weighted by Gasteiger charge is -2.10. The lowest BCUT2D eigenvalue weighted by molar-refractivity contribution is 0.432. The summed E-state index contributed by atoms with van der Waals surface area (Å²) < 4.78 is 7.09. The average molecular weight is 259 g/mol. The number of nitrogens with two attached hydrogens (primary N) is 1. The molecule has 0 saturated carbocycles. The molecule has 0 amide bonds. The molecule has 1 aromatic heterocycles. The van der Waals surface area contributed by atoms with E-state index in [1.807, 2.05) is 13.8 Å². The Morgan fingerprint density at radius 2 is 2.00 bits per heavy atom. The number of hydrogen-bond acceptors (Lipinski definition) is 4. The Kier molecular flexibility index (Phi) is 3.85. The van der Waals surface area contributed by atoms with Gasteiger partial charge < -0.3 is 15.0 Å². The van der Waals surface area contributed by atoms with Crippen LogP contribution in [-0.2, 0) is 6.54 Å². The highest BCUT2D eigenvalue weighted by Gasteiger charge is 2.08. The normalized spacial score (nSPS) is 10.7. The Morgan fingerprint density at radius 3 is 2.63 bits per heavy atom. The molecule has 5 nitrogen and oxygen atoms in total. The van der Waals surface area contributed by atoms with E-state index in [9.17, 15) is 4.79 Å². The van der Waals surface area contributed by atoms with Crippen LogP contribution in [0.3, 0.4) is 0 Å². The van der Waals surface area contributed by atoms with Gasteiger partial charge in [-0.15, -0.1) is 0 Å². The van der Waals surface area contributed by atoms with E-state index in [4.69, 9.17) is 10.5 Å². The van der Waals surface area contributed by atoms with Gasteiger partial charge in [0.05, 0.1) is 0 Å². The van der Waals surface area contributed by atoms with Crippen LogP contribution in [0, 0.1) is 5.92 Å². The Labute approximate surface area is 111 Å². The quantitative estimate of drug-likeness (QED) is 0.855. The van der Waals surface area contributed by atoms with E-state index < -0.39 is 0 Å². The molecule has 5 heteroatoms. The molecule has 0 atom stereocenters. The van der Waals surface area contributed by atoms with Crippen molar-refractivity contribution in [2.45, 2.75) is 20.4 Å². The third-order valence-corrected chi connectivity index (χ3v) is 2.54. The fraction of sp³-hybridized carbons (Fsp3) is 0.286. The fourth-order valence-corrected chi connectivity index (χ4v) is 1.68. The molecule has 0 saturated heterocycles. The first-order valence-corrected chi connectivity index (χ1v) is 6.15. The highest BCUT2D eigenvalue weighted by Crippen LogP contribution is 2.17. The van der Waals surface area contributed by atoms with E-state index in [0.29, 0.717) is 23.9 Å². The zero-order chi connectivity index (χ0) is 13.8. The number of benzene rings is 1. The molecule has 19 heavy (non-hydrogen) atoms. The van der Waals surface area contributed by atoms with Gasteiger partial charge in [-0.2, -0.15) is 0 Å². The van der Waals surface area contributed by atoms with Gasteiger partial charge in [-0.3, -0.25) is 4.79 Å². The predicted molar refractivity (Wildman–Crippen MR) is 74.3 cm³/mol. The highest BCUT2D eigenvalue weighted by molar-refractivity contribution is 5.42. The van der Waals surface area contributed by atoms with Gasteiger partial charge in [0.25, 0.3) is 5.88 Å². The maximum absolute atomic E-state index is 12.1. The van der Waals surface area contributed by atoms with Crippen molar-refractivity contribution in [1.82, 2.24) is 9.55 Å².